The van der Waals surface area contributed by atoms with Crippen molar-refractivity contribution in [3.05, 3.63) is 29.7 Å². The molecular formula is C15H21N3. The molecule has 2 heterocycles. The van der Waals surface area contributed by atoms with Gasteiger partial charge < -0.3 is 0 Å². The Bertz CT molecular complexity index is 522. The van der Waals surface area contributed by atoms with Crippen LogP contribution >= 0.6 is 0 Å². The van der Waals surface area contributed by atoms with Gasteiger partial charge in [0.15, 0.2) is 5.65 Å². The lowest BCUT2D eigenvalue weighted by atomic mass is 9.99. The largest absolute Gasteiger partial charge is 0.286 e. The topological polar surface area (TPSA) is 30.2 Å². The molecular weight excluding hydrogens is 222 g/mol. The number of fused-ring (bicyclic) bond motifs is 1. The molecule has 1 aliphatic rings. The summed E-state index contributed by atoms with van der Waals surface area (Å²) in [7, 11) is 0. The van der Waals surface area contributed by atoms with E-state index in [0.717, 1.165) is 12.1 Å². The molecule has 0 aromatic carbocycles. The van der Waals surface area contributed by atoms with E-state index in [9.17, 15) is 0 Å². The van der Waals surface area contributed by atoms with Crippen LogP contribution in [0.15, 0.2) is 18.3 Å². The van der Waals surface area contributed by atoms with Crippen LogP contribution < -0.4 is 0 Å². The molecule has 2 aromatic heterocycles. The number of aromatic nitrogens is 3. The summed E-state index contributed by atoms with van der Waals surface area (Å²) in [5, 5.41) is 8.89. The van der Waals surface area contributed by atoms with E-state index in [0.29, 0.717) is 5.92 Å². The molecule has 0 amide bonds. The fourth-order valence-corrected chi connectivity index (χ4v) is 3.08. The first kappa shape index (κ1) is 11.7. The highest BCUT2D eigenvalue weighted by Crippen LogP contribution is 2.31. The average molecular weight is 243 g/mol. The number of rotatable bonds is 2. The molecule has 1 fully saturated rings. The van der Waals surface area contributed by atoms with Gasteiger partial charge in [-0.25, -0.2) is 0 Å². The lowest BCUT2D eigenvalue weighted by Gasteiger charge is -2.12. The summed E-state index contributed by atoms with van der Waals surface area (Å²) in [6.45, 7) is 2.18. The Morgan fingerprint density at radius 3 is 2.67 bits per heavy atom. The molecule has 0 unspecified atom stereocenters. The molecule has 1 aliphatic carbocycles. The number of pyridine rings is 1. The minimum Gasteiger partial charge on any atom is -0.286 e. The summed E-state index contributed by atoms with van der Waals surface area (Å²) in [4.78, 5) is 0. The van der Waals surface area contributed by atoms with E-state index in [2.05, 4.69) is 39.9 Å². The quantitative estimate of drug-likeness (QED) is 0.752. The van der Waals surface area contributed by atoms with Crippen LogP contribution in [0.3, 0.4) is 0 Å². The predicted octanol–water partition coefficient (Wildman–Crippen LogP) is 3.73. The maximum atomic E-state index is 4.48. The third kappa shape index (κ3) is 2.02. The molecule has 18 heavy (non-hydrogen) atoms. The van der Waals surface area contributed by atoms with Crippen molar-refractivity contribution in [1.29, 1.82) is 0 Å². The fourth-order valence-electron chi connectivity index (χ4n) is 3.08. The highest BCUT2D eigenvalue weighted by atomic mass is 15.2. The molecule has 3 heteroatoms. The smallest absolute Gasteiger partial charge is 0.163 e. The first-order valence-corrected chi connectivity index (χ1v) is 7.22. The van der Waals surface area contributed by atoms with Crippen LogP contribution in [0.25, 0.3) is 5.65 Å². The maximum absolute atomic E-state index is 4.48. The van der Waals surface area contributed by atoms with Gasteiger partial charge in [-0.3, -0.25) is 4.40 Å². The highest BCUT2D eigenvalue weighted by Gasteiger charge is 2.20. The summed E-state index contributed by atoms with van der Waals surface area (Å²) >= 11 is 0. The van der Waals surface area contributed by atoms with Crippen LogP contribution in [0.5, 0.6) is 0 Å². The van der Waals surface area contributed by atoms with Gasteiger partial charge in [0.1, 0.15) is 5.82 Å². The molecule has 1 saturated carbocycles. The molecule has 0 atom stereocenters. The van der Waals surface area contributed by atoms with Crippen molar-refractivity contribution in [1.82, 2.24) is 14.6 Å². The van der Waals surface area contributed by atoms with Crippen LogP contribution in [0, 0.1) is 0 Å². The predicted molar refractivity (Wildman–Crippen MR) is 72.8 cm³/mol. The van der Waals surface area contributed by atoms with E-state index >= 15 is 0 Å². The Hall–Kier alpha value is -1.38. The van der Waals surface area contributed by atoms with Crippen LogP contribution in [0.2, 0.25) is 0 Å². The third-order valence-corrected chi connectivity index (χ3v) is 4.14. The first-order chi connectivity index (χ1) is 8.90. The highest BCUT2D eigenvalue weighted by molar-refractivity contribution is 5.47. The molecule has 0 bridgehead atoms. The van der Waals surface area contributed by atoms with Crippen LogP contribution in [-0.4, -0.2) is 14.6 Å². The van der Waals surface area contributed by atoms with E-state index in [1.54, 1.807) is 0 Å². The summed E-state index contributed by atoms with van der Waals surface area (Å²) < 4.78 is 2.22. The Balaban J connectivity index is 2.01. The molecule has 96 valence electrons. The standard InChI is InChI=1S/C15H21N3/c1-2-12-10-7-11-18-14(12)16-17-15(18)13-8-5-3-4-6-9-13/h7,10-11,13H,2-6,8-9H2,1H3. The van der Waals surface area contributed by atoms with Gasteiger partial charge in [0.05, 0.1) is 0 Å². The zero-order valence-corrected chi connectivity index (χ0v) is 11.1. The molecule has 0 N–H and O–H groups in total. The van der Waals surface area contributed by atoms with Gasteiger partial charge in [0.25, 0.3) is 0 Å². The van der Waals surface area contributed by atoms with E-state index in [4.69, 9.17) is 0 Å². The van der Waals surface area contributed by atoms with Crippen LogP contribution in [0.4, 0.5) is 0 Å². The van der Waals surface area contributed by atoms with E-state index in [-0.39, 0.29) is 0 Å². The van der Waals surface area contributed by atoms with Gasteiger partial charge in [-0.05, 0) is 30.9 Å². The summed E-state index contributed by atoms with van der Waals surface area (Å²) in [5.74, 6) is 1.79. The Morgan fingerprint density at radius 2 is 1.94 bits per heavy atom. The second-order valence-electron chi connectivity index (χ2n) is 5.33. The number of aryl methyl sites for hydroxylation is 1. The van der Waals surface area contributed by atoms with Crippen molar-refractivity contribution in [3.63, 3.8) is 0 Å². The summed E-state index contributed by atoms with van der Waals surface area (Å²) in [6, 6.07) is 4.27. The van der Waals surface area contributed by atoms with Gasteiger partial charge in [0, 0.05) is 12.1 Å². The molecule has 3 nitrogen and oxygen atoms in total. The Labute approximate surface area is 108 Å². The maximum Gasteiger partial charge on any atom is 0.163 e. The normalized spacial score (nSPS) is 18.1. The lowest BCUT2D eigenvalue weighted by Crippen LogP contribution is -2.04. The van der Waals surface area contributed by atoms with Crippen molar-refractivity contribution in [2.24, 2.45) is 0 Å². The third-order valence-electron chi connectivity index (χ3n) is 4.14. The molecule has 0 aliphatic heterocycles. The van der Waals surface area contributed by atoms with E-state index in [1.165, 1.54) is 49.9 Å². The SMILES string of the molecule is CCc1cccn2c(C3CCCCCC3)nnc12. The molecule has 0 spiro atoms. The lowest BCUT2D eigenvalue weighted by molar-refractivity contribution is 0.555. The number of hydrogen-bond acceptors (Lipinski definition) is 2. The van der Waals surface area contributed by atoms with Gasteiger partial charge in [0.2, 0.25) is 0 Å². The minimum atomic E-state index is 0.606. The van der Waals surface area contributed by atoms with Crippen molar-refractivity contribution in [2.45, 2.75) is 57.8 Å². The van der Waals surface area contributed by atoms with Crippen molar-refractivity contribution < 1.29 is 0 Å². The van der Waals surface area contributed by atoms with Gasteiger partial charge in [-0.15, -0.1) is 10.2 Å². The Morgan fingerprint density at radius 1 is 1.17 bits per heavy atom. The van der Waals surface area contributed by atoms with Crippen molar-refractivity contribution in [2.75, 3.05) is 0 Å². The molecule has 2 aromatic rings. The van der Waals surface area contributed by atoms with Crippen molar-refractivity contribution in [3.8, 4) is 0 Å². The average Bonchev–Trinajstić information content (AvgIpc) is 2.66. The van der Waals surface area contributed by atoms with Crippen molar-refractivity contribution >= 4 is 5.65 Å². The second-order valence-corrected chi connectivity index (χ2v) is 5.33. The van der Waals surface area contributed by atoms with Gasteiger partial charge in [-0.1, -0.05) is 38.7 Å². The van der Waals surface area contributed by atoms with Crippen LogP contribution in [-0.2, 0) is 6.42 Å². The fraction of sp³-hybridized carbons (Fsp3) is 0.600. The zero-order chi connectivity index (χ0) is 12.4. The number of nitrogens with zero attached hydrogens (tertiary/aromatic N) is 3. The minimum absolute atomic E-state index is 0.606. The molecule has 0 radical (unpaired) electrons. The van der Waals surface area contributed by atoms with Crippen LogP contribution in [0.1, 0.15) is 62.8 Å². The second kappa shape index (κ2) is 5.09. The first-order valence-electron chi connectivity index (χ1n) is 7.22. The molecule has 3 rings (SSSR count). The summed E-state index contributed by atoms with van der Waals surface area (Å²) in [5.41, 5.74) is 2.35. The number of hydrogen-bond donors (Lipinski definition) is 0. The van der Waals surface area contributed by atoms with E-state index in [1.807, 2.05) is 0 Å². The Kier molecular flexibility index (Phi) is 3.31. The molecule has 0 saturated heterocycles. The van der Waals surface area contributed by atoms with E-state index < -0.39 is 0 Å². The van der Waals surface area contributed by atoms with Gasteiger partial charge >= 0.3 is 0 Å². The van der Waals surface area contributed by atoms with Gasteiger partial charge in [-0.2, -0.15) is 0 Å². The summed E-state index contributed by atoms with van der Waals surface area (Å²) in [6.07, 6.45) is 11.1. The zero-order valence-electron chi connectivity index (χ0n) is 11.1. The monoisotopic (exact) mass is 243 g/mol.